The fraction of sp³-hybridized carbons (Fsp3) is 1.00. The molecule has 0 heterocycles. The lowest BCUT2D eigenvalue weighted by Gasteiger charge is -2.23. The number of hydrogen-bond donors (Lipinski definition) is 1. The van der Waals surface area contributed by atoms with E-state index in [-0.39, 0.29) is 0 Å². The Morgan fingerprint density at radius 2 is 2.18 bits per heavy atom. The molecular weight excluding hydrogens is 140 g/mol. The van der Waals surface area contributed by atoms with Crippen molar-refractivity contribution < 1.29 is 9.84 Å². The van der Waals surface area contributed by atoms with Crippen molar-refractivity contribution in [3.05, 3.63) is 0 Å². The van der Waals surface area contributed by atoms with Gasteiger partial charge in [-0.15, -0.1) is 0 Å². The maximum Gasteiger partial charge on any atom is 0.152 e. The first-order valence-electron chi connectivity index (χ1n) is 4.59. The Labute approximate surface area is 67.6 Å². The van der Waals surface area contributed by atoms with E-state index in [1.807, 2.05) is 0 Å². The standard InChI is InChI=1S/C9H16O2/c1-6(10)11-9-5-7-2-3-8(9)4-7/h6-10H,2-5H2,1H3. The molecule has 0 spiro atoms. The summed E-state index contributed by atoms with van der Waals surface area (Å²) in [4.78, 5) is 0. The van der Waals surface area contributed by atoms with Gasteiger partial charge in [0, 0.05) is 0 Å². The third-order valence-corrected chi connectivity index (χ3v) is 3.04. The van der Waals surface area contributed by atoms with Crippen LogP contribution in [0.5, 0.6) is 0 Å². The minimum Gasteiger partial charge on any atom is -0.368 e. The largest absolute Gasteiger partial charge is 0.368 e. The predicted molar refractivity (Wildman–Crippen MR) is 42.0 cm³/mol. The molecule has 4 atom stereocenters. The van der Waals surface area contributed by atoms with E-state index in [2.05, 4.69) is 0 Å². The highest BCUT2D eigenvalue weighted by molar-refractivity contribution is 4.90. The summed E-state index contributed by atoms with van der Waals surface area (Å²) in [5.41, 5.74) is 0. The summed E-state index contributed by atoms with van der Waals surface area (Å²) in [7, 11) is 0. The van der Waals surface area contributed by atoms with Crippen LogP contribution in [-0.4, -0.2) is 17.5 Å². The lowest BCUT2D eigenvalue weighted by atomic mass is 9.98. The van der Waals surface area contributed by atoms with E-state index in [9.17, 15) is 0 Å². The molecule has 11 heavy (non-hydrogen) atoms. The Bertz CT molecular complexity index is 144. The molecule has 2 aliphatic carbocycles. The molecule has 2 saturated carbocycles. The van der Waals surface area contributed by atoms with Crippen LogP contribution in [0.15, 0.2) is 0 Å². The zero-order valence-corrected chi connectivity index (χ0v) is 6.99. The summed E-state index contributed by atoms with van der Waals surface area (Å²) in [6, 6.07) is 0. The van der Waals surface area contributed by atoms with Crippen molar-refractivity contribution in [1.29, 1.82) is 0 Å². The summed E-state index contributed by atoms with van der Waals surface area (Å²) >= 11 is 0. The van der Waals surface area contributed by atoms with Crippen LogP contribution in [-0.2, 0) is 4.74 Å². The van der Waals surface area contributed by atoms with Crippen LogP contribution < -0.4 is 0 Å². The molecule has 1 N–H and O–H groups in total. The highest BCUT2D eigenvalue weighted by Gasteiger charge is 2.40. The lowest BCUT2D eigenvalue weighted by molar-refractivity contribution is -0.137. The second-order valence-corrected chi connectivity index (χ2v) is 3.95. The molecule has 0 saturated heterocycles. The summed E-state index contributed by atoms with van der Waals surface area (Å²) in [5, 5.41) is 9.02. The van der Waals surface area contributed by atoms with Crippen LogP contribution in [0.1, 0.15) is 32.6 Å². The summed E-state index contributed by atoms with van der Waals surface area (Å²) in [6.45, 7) is 1.70. The second kappa shape index (κ2) is 2.76. The van der Waals surface area contributed by atoms with Crippen LogP contribution in [0.4, 0.5) is 0 Å². The van der Waals surface area contributed by atoms with E-state index in [4.69, 9.17) is 9.84 Å². The highest BCUT2D eigenvalue weighted by atomic mass is 16.6. The van der Waals surface area contributed by atoms with E-state index >= 15 is 0 Å². The predicted octanol–water partition coefficient (Wildman–Crippen LogP) is 1.53. The van der Waals surface area contributed by atoms with Gasteiger partial charge in [-0.1, -0.05) is 0 Å². The quantitative estimate of drug-likeness (QED) is 0.614. The first-order valence-corrected chi connectivity index (χ1v) is 4.59. The van der Waals surface area contributed by atoms with Gasteiger partial charge in [-0.3, -0.25) is 0 Å². The van der Waals surface area contributed by atoms with Crippen molar-refractivity contribution in [3.63, 3.8) is 0 Å². The number of aliphatic hydroxyl groups excluding tert-OH is 1. The lowest BCUT2D eigenvalue weighted by Crippen LogP contribution is -2.24. The van der Waals surface area contributed by atoms with Crippen LogP contribution in [0.3, 0.4) is 0 Å². The van der Waals surface area contributed by atoms with Gasteiger partial charge in [-0.05, 0) is 44.4 Å². The fourth-order valence-electron chi connectivity index (χ4n) is 2.61. The van der Waals surface area contributed by atoms with Crippen LogP contribution in [0, 0.1) is 11.8 Å². The third kappa shape index (κ3) is 1.42. The summed E-state index contributed by atoms with van der Waals surface area (Å²) < 4.78 is 5.40. The smallest absolute Gasteiger partial charge is 0.152 e. The van der Waals surface area contributed by atoms with Crippen molar-refractivity contribution in [3.8, 4) is 0 Å². The molecule has 2 rings (SSSR count). The van der Waals surface area contributed by atoms with Gasteiger partial charge >= 0.3 is 0 Å². The Morgan fingerprint density at radius 1 is 1.36 bits per heavy atom. The zero-order valence-electron chi connectivity index (χ0n) is 6.99. The van der Waals surface area contributed by atoms with Gasteiger partial charge in [0.1, 0.15) is 0 Å². The topological polar surface area (TPSA) is 29.5 Å². The van der Waals surface area contributed by atoms with Gasteiger partial charge in [-0.2, -0.15) is 0 Å². The average Bonchev–Trinajstić information content (AvgIpc) is 2.45. The molecule has 0 aromatic carbocycles. The Morgan fingerprint density at radius 3 is 2.64 bits per heavy atom. The molecule has 2 aliphatic rings. The molecule has 0 aliphatic heterocycles. The maximum atomic E-state index is 9.02. The minimum atomic E-state index is -0.570. The molecule has 2 heteroatoms. The van der Waals surface area contributed by atoms with Crippen molar-refractivity contribution >= 4 is 0 Å². The van der Waals surface area contributed by atoms with Gasteiger partial charge in [0.2, 0.25) is 0 Å². The number of aliphatic hydroxyl groups is 1. The van der Waals surface area contributed by atoms with Crippen molar-refractivity contribution in [1.82, 2.24) is 0 Å². The van der Waals surface area contributed by atoms with E-state index in [1.54, 1.807) is 6.92 Å². The van der Waals surface area contributed by atoms with Crippen LogP contribution >= 0.6 is 0 Å². The van der Waals surface area contributed by atoms with Crippen LogP contribution in [0.25, 0.3) is 0 Å². The first kappa shape index (κ1) is 7.56. The number of rotatable bonds is 2. The van der Waals surface area contributed by atoms with Crippen molar-refractivity contribution in [2.75, 3.05) is 0 Å². The van der Waals surface area contributed by atoms with E-state index in [0.29, 0.717) is 6.10 Å². The monoisotopic (exact) mass is 156 g/mol. The first-order chi connectivity index (χ1) is 5.25. The number of fused-ring (bicyclic) bond motifs is 2. The SMILES string of the molecule is CC(O)OC1CC2CCC1C2. The van der Waals surface area contributed by atoms with Gasteiger partial charge in [0.15, 0.2) is 6.29 Å². The second-order valence-electron chi connectivity index (χ2n) is 3.95. The molecule has 2 nitrogen and oxygen atoms in total. The van der Waals surface area contributed by atoms with E-state index in [1.165, 1.54) is 25.7 Å². The van der Waals surface area contributed by atoms with Crippen molar-refractivity contribution in [2.24, 2.45) is 11.8 Å². The van der Waals surface area contributed by atoms with Crippen LogP contribution in [0.2, 0.25) is 0 Å². The molecule has 4 unspecified atom stereocenters. The maximum absolute atomic E-state index is 9.02. The fourth-order valence-corrected chi connectivity index (χ4v) is 2.61. The number of ether oxygens (including phenoxy) is 1. The minimum absolute atomic E-state index is 0.369. The normalized spacial score (nSPS) is 44.7. The Hall–Kier alpha value is -0.0800. The van der Waals surface area contributed by atoms with Gasteiger partial charge in [0.05, 0.1) is 6.10 Å². The molecule has 0 radical (unpaired) electrons. The zero-order chi connectivity index (χ0) is 7.84. The third-order valence-electron chi connectivity index (χ3n) is 3.04. The Balaban J connectivity index is 1.87. The number of hydrogen-bond acceptors (Lipinski definition) is 2. The molecule has 0 aromatic rings. The molecular formula is C9H16O2. The van der Waals surface area contributed by atoms with Gasteiger partial charge < -0.3 is 9.84 Å². The molecule has 0 aromatic heterocycles. The molecule has 2 fully saturated rings. The van der Waals surface area contributed by atoms with Gasteiger partial charge in [-0.25, -0.2) is 0 Å². The Kier molecular flexibility index (Phi) is 1.90. The molecule has 64 valence electrons. The van der Waals surface area contributed by atoms with E-state index < -0.39 is 6.29 Å². The summed E-state index contributed by atoms with van der Waals surface area (Å²) in [6.07, 6.45) is 5.05. The summed E-state index contributed by atoms with van der Waals surface area (Å²) in [5.74, 6) is 1.67. The van der Waals surface area contributed by atoms with Gasteiger partial charge in [0.25, 0.3) is 0 Å². The molecule has 2 bridgehead atoms. The average molecular weight is 156 g/mol. The van der Waals surface area contributed by atoms with Crippen molar-refractivity contribution in [2.45, 2.75) is 45.0 Å². The molecule has 0 amide bonds. The highest BCUT2D eigenvalue weighted by Crippen LogP contribution is 2.45. The van der Waals surface area contributed by atoms with E-state index in [0.717, 1.165) is 11.8 Å².